The maximum atomic E-state index is 14.0. The van der Waals surface area contributed by atoms with Gasteiger partial charge in [-0.15, -0.1) is 0 Å². The maximum Gasteiger partial charge on any atom is 0.416 e. The molecule has 0 bridgehead atoms. The number of nitrogens with one attached hydrogen (secondary N) is 1. The highest BCUT2D eigenvalue weighted by molar-refractivity contribution is 7.92. The first-order chi connectivity index (χ1) is 20.8. The number of anilines is 1. The summed E-state index contributed by atoms with van der Waals surface area (Å²) in [6.07, 6.45) is -0.191. The standard InChI is InChI=1S/C32H35F4N3O4S/c1-22-11-17-29(18-12-22)44(42,43)39(28-10-6-7-25(19-28)32(34,35)36)21-30(40)38(20-24-13-15-26(33)16-14-24)23(2)31(41)37-27-8-4-3-5-9-27/h6-7,10-19,23,27H,3-5,8-9,20-21H2,1-2H3,(H,37,41)/t23-/m0/s1. The zero-order valence-electron chi connectivity index (χ0n) is 24.5. The van der Waals surface area contributed by atoms with Gasteiger partial charge in [-0.05, 0) is 74.7 Å². The molecule has 1 aliphatic rings. The van der Waals surface area contributed by atoms with Gasteiger partial charge in [-0.1, -0.05) is 55.2 Å². The minimum atomic E-state index is -4.76. The van der Waals surface area contributed by atoms with E-state index in [1.165, 1.54) is 61.5 Å². The van der Waals surface area contributed by atoms with Crippen LogP contribution in [-0.4, -0.2) is 43.8 Å². The third-order valence-electron chi connectivity index (χ3n) is 7.73. The third kappa shape index (κ3) is 8.16. The summed E-state index contributed by atoms with van der Waals surface area (Å²) in [5.74, 6) is -1.78. The van der Waals surface area contributed by atoms with Crippen molar-refractivity contribution in [2.24, 2.45) is 0 Å². The number of rotatable bonds is 10. The number of nitrogens with zero attached hydrogens (tertiary/aromatic N) is 2. The molecule has 0 aliphatic heterocycles. The Labute approximate surface area is 254 Å². The quantitative estimate of drug-likeness (QED) is 0.269. The van der Waals surface area contributed by atoms with Crippen molar-refractivity contribution in [3.8, 4) is 0 Å². The number of halogens is 4. The molecular formula is C32H35F4N3O4S. The van der Waals surface area contributed by atoms with Crippen molar-refractivity contribution in [1.29, 1.82) is 0 Å². The molecule has 0 saturated heterocycles. The molecule has 3 aromatic carbocycles. The first kappa shape index (κ1) is 33.0. The van der Waals surface area contributed by atoms with E-state index in [4.69, 9.17) is 0 Å². The highest BCUT2D eigenvalue weighted by atomic mass is 32.2. The normalized spacial score (nSPS) is 15.0. The van der Waals surface area contributed by atoms with Gasteiger partial charge in [-0.2, -0.15) is 13.2 Å². The number of aryl methyl sites for hydroxylation is 1. The van der Waals surface area contributed by atoms with Crippen LogP contribution < -0.4 is 9.62 Å². The van der Waals surface area contributed by atoms with E-state index in [-0.39, 0.29) is 23.2 Å². The SMILES string of the molecule is Cc1ccc(S(=O)(=O)N(CC(=O)N(Cc2ccc(F)cc2)[C@@H](C)C(=O)NC2CCCCC2)c2cccc(C(F)(F)F)c2)cc1. The summed E-state index contributed by atoms with van der Waals surface area (Å²) in [5.41, 5.74) is -0.220. The lowest BCUT2D eigenvalue weighted by molar-refractivity contribution is -0.139. The number of alkyl halides is 3. The largest absolute Gasteiger partial charge is 0.416 e. The molecule has 0 heterocycles. The first-order valence-corrected chi connectivity index (χ1v) is 15.8. The molecule has 0 radical (unpaired) electrons. The fourth-order valence-corrected chi connectivity index (χ4v) is 6.55. The van der Waals surface area contributed by atoms with E-state index < -0.39 is 52.0 Å². The predicted molar refractivity (Wildman–Crippen MR) is 159 cm³/mol. The van der Waals surface area contributed by atoms with Crippen LogP contribution in [0.4, 0.5) is 23.2 Å². The molecule has 1 fully saturated rings. The lowest BCUT2D eigenvalue weighted by Gasteiger charge is -2.33. The van der Waals surface area contributed by atoms with E-state index in [2.05, 4.69) is 5.32 Å². The van der Waals surface area contributed by atoms with Gasteiger partial charge >= 0.3 is 6.18 Å². The molecule has 7 nitrogen and oxygen atoms in total. The van der Waals surface area contributed by atoms with Crippen molar-refractivity contribution in [1.82, 2.24) is 10.2 Å². The number of hydrogen-bond acceptors (Lipinski definition) is 4. The minimum absolute atomic E-state index is 0.0648. The number of benzene rings is 3. The molecule has 1 saturated carbocycles. The third-order valence-corrected chi connectivity index (χ3v) is 9.52. The molecule has 44 heavy (non-hydrogen) atoms. The molecule has 12 heteroatoms. The van der Waals surface area contributed by atoms with Gasteiger partial charge in [0.1, 0.15) is 18.4 Å². The van der Waals surface area contributed by atoms with Crippen LogP contribution in [0.2, 0.25) is 0 Å². The van der Waals surface area contributed by atoms with E-state index in [1.807, 2.05) is 0 Å². The Hall–Kier alpha value is -3.93. The molecule has 0 aromatic heterocycles. The van der Waals surface area contributed by atoms with Crippen LogP contribution in [-0.2, 0) is 32.3 Å². The molecule has 2 amide bonds. The second-order valence-electron chi connectivity index (χ2n) is 11.0. The summed E-state index contributed by atoms with van der Waals surface area (Å²) < 4.78 is 82.9. The van der Waals surface area contributed by atoms with Gasteiger partial charge in [-0.25, -0.2) is 12.8 Å². The van der Waals surface area contributed by atoms with Crippen LogP contribution in [0.25, 0.3) is 0 Å². The molecule has 3 aromatic rings. The summed E-state index contributed by atoms with van der Waals surface area (Å²) in [6, 6.07) is 13.6. The predicted octanol–water partition coefficient (Wildman–Crippen LogP) is 6.21. The van der Waals surface area contributed by atoms with Gasteiger partial charge < -0.3 is 10.2 Å². The summed E-state index contributed by atoms with van der Waals surface area (Å²) in [5, 5.41) is 2.97. The van der Waals surface area contributed by atoms with Crippen molar-refractivity contribution in [2.45, 2.75) is 75.7 Å². The van der Waals surface area contributed by atoms with Gasteiger partial charge in [0, 0.05) is 12.6 Å². The minimum Gasteiger partial charge on any atom is -0.352 e. The first-order valence-electron chi connectivity index (χ1n) is 14.4. The second-order valence-corrected chi connectivity index (χ2v) is 12.9. The average Bonchev–Trinajstić information content (AvgIpc) is 2.99. The van der Waals surface area contributed by atoms with Gasteiger partial charge in [0.2, 0.25) is 11.8 Å². The Morgan fingerprint density at radius 1 is 0.955 bits per heavy atom. The van der Waals surface area contributed by atoms with Crippen LogP contribution in [0.15, 0.2) is 77.7 Å². The van der Waals surface area contributed by atoms with E-state index in [9.17, 15) is 35.6 Å². The second kappa shape index (κ2) is 13.8. The van der Waals surface area contributed by atoms with Crippen LogP contribution in [0.1, 0.15) is 55.7 Å². The summed E-state index contributed by atoms with van der Waals surface area (Å²) >= 11 is 0. The van der Waals surface area contributed by atoms with Gasteiger partial charge in [0.05, 0.1) is 16.1 Å². The topological polar surface area (TPSA) is 86.8 Å². The lowest BCUT2D eigenvalue weighted by atomic mass is 9.95. The van der Waals surface area contributed by atoms with Crippen LogP contribution in [0.3, 0.4) is 0 Å². The van der Waals surface area contributed by atoms with Crippen molar-refractivity contribution in [3.63, 3.8) is 0 Å². The number of hydrogen-bond donors (Lipinski definition) is 1. The Morgan fingerprint density at radius 2 is 1.59 bits per heavy atom. The number of carbonyl (C=O) groups excluding carboxylic acids is 2. The lowest BCUT2D eigenvalue weighted by Crippen LogP contribution is -2.53. The Morgan fingerprint density at radius 3 is 2.20 bits per heavy atom. The Bertz CT molecular complexity index is 1560. The molecule has 4 rings (SSSR count). The maximum absolute atomic E-state index is 14.0. The highest BCUT2D eigenvalue weighted by Gasteiger charge is 2.35. The smallest absolute Gasteiger partial charge is 0.352 e. The Kier molecular flexibility index (Phi) is 10.3. The van der Waals surface area contributed by atoms with Crippen LogP contribution >= 0.6 is 0 Å². The zero-order chi connectivity index (χ0) is 32.1. The molecular weight excluding hydrogens is 598 g/mol. The fraction of sp³-hybridized carbons (Fsp3) is 0.375. The molecule has 1 N–H and O–H groups in total. The van der Waals surface area contributed by atoms with Gasteiger partial charge in [0.25, 0.3) is 10.0 Å². The zero-order valence-corrected chi connectivity index (χ0v) is 25.3. The van der Waals surface area contributed by atoms with Crippen molar-refractivity contribution >= 4 is 27.5 Å². The van der Waals surface area contributed by atoms with Crippen molar-refractivity contribution in [3.05, 3.63) is 95.3 Å². The fourth-order valence-electron chi connectivity index (χ4n) is 5.14. The monoisotopic (exact) mass is 633 g/mol. The van der Waals surface area contributed by atoms with Crippen molar-refractivity contribution in [2.75, 3.05) is 10.8 Å². The average molecular weight is 634 g/mol. The molecule has 1 aliphatic carbocycles. The van der Waals surface area contributed by atoms with Crippen molar-refractivity contribution < 1.29 is 35.6 Å². The number of amides is 2. The molecule has 1 atom stereocenters. The van der Waals surface area contributed by atoms with E-state index in [0.29, 0.717) is 15.9 Å². The molecule has 0 unspecified atom stereocenters. The number of carbonyl (C=O) groups is 2. The highest BCUT2D eigenvalue weighted by Crippen LogP contribution is 2.33. The molecule has 0 spiro atoms. The summed E-state index contributed by atoms with van der Waals surface area (Å²) in [4.78, 5) is 28.3. The van der Waals surface area contributed by atoms with E-state index in [0.717, 1.165) is 54.7 Å². The summed E-state index contributed by atoms with van der Waals surface area (Å²) in [6.45, 7) is 2.19. The summed E-state index contributed by atoms with van der Waals surface area (Å²) in [7, 11) is -4.54. The van der Waals surface area contributed by atoms with E-state index in [1.54, 1.807) is 6.92 Å². The van der Waals surface area contributed by atoms with E-state index >= 15 is 0 Å². The Balaban J connectivity index is 1.72. The number of sulfonamides is 1. The van der Waals surface area contributed by atoms with Gasteiger partial charge in [-0.3, -0.25) is 13.9 Å². The molecule has 236 valence electrons. The van der Waals surface area contributed by atoms with Crippen LogP contribution in [0.5, 0.6) is 0 Å². The van der Waals surface area contributed by atoms with Gasteiger partial charge in [0.15, 0.2) is 0 Å². The van der Waals surface area contributed by atoms with Crippen LogP contribution in [0, 0.1) is 12.7 Å².